The summed E-state index contributed by atoms with van der Waals surface area (Å²) in [6.07, 6.45) is 7.50. The van der Waals surface area contributed by atoms with Crippen molar-refractivity contribution >= 4 is 11.6 Å². The Morgan fingerprint density at radius 1 is 1.04 bits per heavy atom. The molecule has 0 bridgehead atoms. The van der Waals surface area contributed by atoms with E-state index in [1.54, 1.807) is 11.0 Å². The van der Waals surface area contributed by atoms with Gasteiger partial charge in [0.2, 0.25) is 0 Å². The molecule has 2 aliphatic rings. The Labute approximate surface area is 153 Å². The molecule has 0 amide bonds. The Hall–Kier alpha value is -2.22. The van der Waals surface area contributed by atoms with Crippen LogP contribution in [0.3, 0.4) is 0 Å². The smallest absolute Gasteiger partial charge is 0.134 e. The molecule has 0 spiro atoms. The Morgan fingerprint density at radius 2 is 1.73 bits per heavy atom. The van der Waals surface area contributed by atoms with Gasteiger partial charge >= 0.3 is 0 Å². The molecule has 0 unspecified atom stereocenters. The van der Waals surface area contributed by atoms with E-state index in [4.69, 9.17) is 0 Å². The largest absolute Gasteiger partial charge is 0.382 e. The van der Waals surface area contributed by atoms with Crippen LogP contribution in [0.15, 0.2) is 18.6 Å². The van der Waals surface area contributed by atoms with Crippen molar-refractivity contribution in [3.05, 3.63) is 24.3 Å². The van der Waals surface area contributed by atoms with Crippen LogP contribution in [0.4, 0.5) is 11.6 Å². The molecule has 4 rings (SSSR count). The third-order valence-electron chi connectivity index (χ3n) is 5.38. The number of β-amino-alcohol motifs (C(OH)–C–C–N with tert-alkyl or cyclic N) is 1. The molecule has 4 heterocycles. The number of aliphatic hydroxyl groups is 1. The zero-order valence-corrected chi connectivity index (χ0v) is 15.5. The lowest BCUT2D eigenvalue weighted by Crippen LogP contribution is -2.46. The van der Waals surface area contributed by atoms with Gasteiger partial charge in [0.05, 0.1) is 12.7 Å². The molecule has 8 heteroatoms. The number of aromatic nitrogens is 5. The molecule has 1 N–H and O–H groups in total. The highest BCUT2D eigenvalue weighted by molar-refractivity contribution is 5.51. The van der Waals surface area contributed by atoms with Gasteiger partial charge in [0.1, 0.15) is 29.3 Å². The summed E-state index contributed by atoms with van der Waals surface area (Å²) in [5.74, 6) is 1.85. The number of piperidine rings is 1. The van der Waals surface area contributed by atoms with Crippen molar-refractivity contribution in [1.29, 1.82) is 0 Å². The Morgan fingerprint density at radius 3 is 2.42 bits per heavy atom. The minimum atomic E-state index is -0.996. The van der Waals surface area contributed by atoms with Gasteiger partial charge in [-0.15, -0.1) is 5.10 Å². The fraction of sp³-hybridized carbons (Fsp3) is 0.667. The molecule has 2 aromatic heterocycles. The summed E-state index contributed by atoms with van der Waals surface area (Å²) in [6, 6.07) is 2.27. The summed E-state index contributed by atoms with van der Waals surface area (Å²) in [5, 5.41) is 19.6. The molecule has 0 saturated carbocycles. The van der Waals surface area contributed by atoms with Crippen LogP contribution in [0.1, 0.15) is 51.3 Å². The van der Waals surface area contributed by atoms with Gasteiger partial charge in [-0.2, -0.15) is 0 Å². The number of nitrogens with zero attached hydrogens (tertiary/aromatic N) is 7. The molecule has 26 heavy (non-hydrogen) atoms. The highest BCUT2D eigenvalue weighted by atomic mass is 16.3. The van der Waals surface area contributed by atoms with Gasteiger partial charge < -0.3 is 14.9 Å². The van der Waals surface area contributed by atoms with E-state index in [-0.39, 0.29) is 6.04 Å². The van der Waals surface area contributed by atoms with Crippen LogP contribution < -0.4 is 9.80 Å². The predicted molar refractivity (Wildman–Crippen MR) is 99.2 cm³/mol. The Kier molecular flexibility index (Phi) is 4.52. The predicted octanol–water partition coefficient (Wildman–Crippen LogP) is 1.74. The van der Waals surface area contributed by atoms with Crippen LogP contribution in [0.25, 0.3) is 0 Å². The first kappa shape index (κ1) is 17.2. The summed E-state index contributed by atoms with van der Waals surface area (Å²) in [4.78, 5) is 13.3. The number of hydrogen-bond acceptors (Lipinski definition) is 7. The molecule has 1 atom stereocenters. The molecule has 2 fully saturated rings. The van der Waals surface area contributed by atoms with Crippen molar-refractivity contribution in [3.63, 3.8) is 0 Å². The standard InChI is InChI=1S/C18H27N7O/c1-14(2)25-11-15(21-22-25)18(26)6-5-9-24(12-18)17-10-16(19-13-20-17)23-7-3-4-8-23/h10-11,13-14,26H,3-9,12H2,1-2H3/t18-/m1/s1. The Bertz CT molecular complexity index is 756. The van der Waals surface area contributed by atoms with Gasteiger partial charge in [-0.1, -0.05) is 5.21 Å². The molecule has 140 valence electrons. The third-order valence-corrected chi connectivity index (χ3v) is 5.38. The second kappa shape index (κ2) is 6.83. The maximum atomic E-state index is 11.2. The average molecular weight is 357 g/mol. The Balaban J connectivity index is 1.55. The maximum absolute atomic E-state index is 11.2. The molecular weight excluding hydrogens is 330 g/mol. The van der Waals surface area contributed by atoms with Crippen LogP contribution in [-0.4, -0.2) is 56.2 Å². The second-order valence-electron chi connectivity index (χ2n) is 7.66. The molecule has 2 aromatic rings. The van der Waals surface area contributed by atoms with Crippen molar-refractivity contribution in [3.8, 4) is 0 Å². The maximum Gasteiger partial charge on any atom is 0.134 e. The van der Waals surface area contributed by atoms with Crippen LogP contribution in [-0.2, 0) is 5.60 Å². The second-order valence-corrected chi connectivity index (χ2v) is 7.66. The molecule has 8 nitrogen and oxygen atoms in total. The van der Waals surface area contributed by atoms with E-state index >= 15 is 0 Å². The van der Waals surface area contributed by atoms with Gasteiger partial charge in [-0.3, -0.25) is 0 Å². The normalized spacial score (nSPS) is 23.8. The van der Waals surface area contributed by atoms with Crippen LogP contribution in [0, 0.1) is 0 Å². The SMILES string of the molecule is CC(C)n1cc([C@@]2(O)CCCN(c3cc(N4CCCC4)ncn3)C2)nn1. The summed E-state index contributed by atoms with van der Waals surface area (Å²) in [6.45, 7) is 7.56. The van der Waals surface area contributed by atoms with E-state index in [0.29, 0.717) is 18.7 Å². The molecule has 2 aliphatic heterocycles. The summed E-state index contributed by atoms with van der Waals surface area (Å²) < 4.78 is 1.79. The van der Waals surface area contributed by atoms with Crippen molar-refractivity contribution in [1.82, 2.24) is 25.0 Å². The first-order valence-corrected chi connectivity index (χ1v) is 9.52. The van der Waals surface area contributed by atoms with E-state index in [0.717, 1.165) is 37.7 Å². The first-order valence-electron chi connectivity index (χ1n) is 9.52. The van der Waals surface area contributed by atoms with Gasteiger partial charge in [-0.25, -0.2) is 14.6 Å². The lowest BCUT2D eigenvalue weighted by atomic mass is 9.90. The van der Waals surface area contributed by atoms with Gasteiger partial charge in [0, 0.05) is 31.7 Å². The van der Waals surface area contributed by atoms with E-state index in [2.05, 4.69) is 43.9 Å². The third kappa shape index (κ3) is 3.25. The van der Waals surface area contributed by atoms with Crippen LogP contribution >= 0.6 is 0 Å². The fourth-order valence-electron chi connectivity index (χ4n) is 3.81. The number of rotatable bonds is 4. The molecule has 0 aliphatic carbocycles. The molecule has 0 aromatic carbocycles. The van der Waals surface area contributed by atoms with Crippen molar-refractivity contribution in [2.75, 3.05) is 36.0 Å². The van der Waals surface area contributed by atoms with E-state index in [9.17, 15) is 5.11 Å². The monoisotopic (exact) mass is 357 g/mol. The topological polar surface area (TPSA) is 83.2 Å². The zero-order valence-electron chi connectivity index (χ0n) is 15.5. The minimum Gasteiger partial charge on any atom is -0.382 e. The van der Waals surface area contributed by atoms with E-state index < -0.39 is 5.60 Å². The summed E-state index contributed by atoms with van der Waals surface area (Å²) in [5.41, 5.74) is -0.353. The van der Waals surface area contributed by atoms with Crippen molar-refractivity contribution < 1.29 is 5.11 Å². The van der Waals surface area contributed by atoms with Crippen LogP contribution in [0.5, 0.6) is 0 Å². The van der Waals surface area contributed by atoms with E-state index in [1.807, 2.05) is 12.3 Å². The lowest BCUT2D eigenvalue weighted by Gasteiger charge is -2.38. The molecular formula is C18H27N7O. The van der Waals surface area contributed by atoms with E-state index in [1.165, 1.54) is 12.8 Å². The van der Waals surface area contributed by atoms with Gasteiger partial charge in [-0.05, 0) is 39.5 Å². The summed E-state index contributed by atoms with van der Waals surface area (Å²) >= 11 is 0. The van der Waals surface area contributed by atoms with Gasteiger partial charge in [0.15, 0.2) is 0 Å². The quantitative estimate of drug-likeness (QED) is 0.892. The van der Waals surface area contributed by atoms with Crippen LogP contribution in [0.2, 0.25) is 0 Å². The minimum absolute atomic E-state index is 0.226. The molecule has 2 saturated heterocycles. The number of anilines is 2. The highest BCUT2D eigenvalue weighted by Crippen LogP contribution is 2.33. The van der Waals surface area contributed by atoms with Crippen molar-refractivity contribution in [2.24, 2.45) is 0 Å². The number of hydrogen-bond donors (Lipinski definition) is 1. The average Bonchev–Trinajstić information content (AvgIpc) is 3.34. The highest BCUT2D eigenvalue weighted by Gasteiger charge is 2.38. The fourth-order valence-corrected chi connectivity index (χ4v) is 3.81. The summed E-state index contributed by atoms with van der Waals surface area (Å²) in [7, 11) is 0. The lowest BCUT2D eigenvalue weighted by molar-refractivity contribution is 0.0174. The first-order chi connectivity index (χ1) is 12.5. The zero-order chi connectivity index (χ0) is 18.1. The van der Waals surface area contributed by atoms with Crippen molar-refractivity contribution in [2.45, 2.75) is 51.2 Å². The van der Waals surface area contributed by atoms with Gasteiger partial charge in [0.25, 0.3) is 0 Å². The molecule has 0 radical (unpaired) electrons.